The monoisotopic (exact) mass is 305 g/mol. The highest BCUT2D eigenvalue weighted by Crippen LogP contribution is 2.18. The standard InChI is InChI=1S/C12H16FNO3S2/c1-8(2)19(15,16)6-5-17-11-4-3-9(12(14)18)7-10(11)13/h3-4,7-8H,5-6H2,1-2H3,(H2,14,18). The molecule has 19 heavy (non-hydrogen) atoms. The molecule has 0 unspecified atom stereocenters. The van der Waals surface area contributed by atoms with Gasteiger partial charge in [-0.3, -0.25) is 0 Å². The second-order valence-corrected chi connectivity index (χ2v) is 7.39. The molecule has 7 heteroatoms. The number of halogens is 1. The zero-order valence-corrected chi connectivity index (χ0v) is 12.4. The van der Waals surface area contributed by atoms with Gasteiger partial charge in [0, 0.05) is 5.56 Å². The molecule has 0 bridgehead atoms. The first-order chi connectivity index (χ1) is 8.74. The number of benzene rings is 1. The summed E-state index contributed by atoms with van der Waals surface area (Å²) < 4.78 is 41.8. The summed E-state index contributed by atoms with van der Waals surface area (Å²) in [5.41, 5.74) is 5.77. The normalized spacial score (nSPS) is 11.6. The van der Waals surface area contributed by atoms with E-state index in [0.29, 0.717) is 5.56 Å². The molecule has 0 aromatic heterocycles. The summed E-state index contributed by atoms with van der Waals surface area (Å²) in [5, 5.41) is -0.474. The van der Waals surface area contributed by atoms with E-state index < -0.39 is 20.9 Å². The lowest BCUT2D eigenvalue weighted by molar-refractivity contribution is 0.322. The van der Waals surface area contributed by atoms with Crippen LogP contribution in [-0.2, 0) is 9.84 Å². The van der Waals surface area contributed by atoms with Crippen molar-refractivity contribution in [3.8, 4) is 5.75 Å². The van der Waals surface area contributed by atoms with Crippen LogP contribution >= 0.6 is 12.2 Å². The highest BCUT2D eigenvalue weighted by atomic mass is 32.2. The lowest BCUT2D eigenvalue weighted by Crippen LogP contribution is -2.22. The summed E-state index contributed by atoms with van der Waals surface area (Å²) in [4.78, 5) is 0.0906. The van der Waals surface area contributed by atoms with Crippen LogP contribution in [-0.4, -0.2) is 31.0 Å². The second kappa shape index (κ2) is 6.29. The molecule has 0 aliphatic carbocycles. The average Bonchev–Trinajstić information content (AvgIpc) is 2.30. The first-order valence-electron chi connectivity index (χ1n) is 5.68. The van der Waals surface area contributed by atoms with Crippen LogP contribution in [0.1, 0.15) is 19.4 Å². The topological polar surface area (TPSA) is 69.4 Å². The van der Waals surface area contributed by atoms with E-state index in [4.69, 9.17) is 22.7 Å². The van der Waals surface area contributed by atoms with Gasteiger partial charge in [-0.15, -0.1) is 0 Å². The van der Waals surface area contributed by atoms with E-state index >= 15 is 0 Å². The first kappa shape index (κ1) is 15.8. The average molecular weight is 305 g/mol. The summed E-state index contributed by atoms with van der Waals surface area (Å²) in [6, 6.07) is 4.07. The molecular formula is C12H16FNO3S2. The molecule has 4 nitrogen and oxygen atoms in total. The number of nitrogens with two attached hydrogens (primary N) is 1. The van der Waals surface area contributed by atoms with Gasteiger partial charge in [-0.2, -0.15) is 0 Å². The minimum absolute atomic E-state index is 0.0149. The van der Waals surface area contributed by atoms with E-state index in [1.807, 2.05) is 0 Å². The molecular weight excluding hydrogens is 289 g/mol. The van der Waals surface area contributed by atoms with Gasteiger partial charge in [-0.25, -0.2) is 12.8 Å². The number of sulfone groups is 1. The Labute approximate surface area is 117 Å². The molecule has 1 rings (SSSR count). The highest BCUT2D eigenvalue weighted by molar-refractivity contribution is 7.92. The fourth-order valence-electron chi connectivity index (χ4n) is 1.27. The maximum absolute atomic E-state index is 13.6. The molecule has 0 spiro atoms. The van der Waals surface area contributed by atoms with Crippen molar-refractivity contribution in [2.75, 3.05) is 12.4 Å². The highest BCUT2D eigenvalue weighted by Gasteiger charge is 2.16. The lowest BCUT2D eigenvalue weighted by Gasteiger charge is -2.10. The number of hydrogen-bond acceptors (Lipinski definition) is 4. The van der Waals surface area contributed by atoms with Crippen LogP contribution < -0.4 is 10.5 Å². The van der Waals surface area contributed by atoms with Crippen LogP contribution in [0.3, 0.4) is 0 Å². The van der Waals surface area contributed by atoms with Crippen molar-refractivity contribution in [3.63, 3.8) is 0 Å². The first-order valence-corrected chi connectivity index (χ1v) is 7.80. The molecule has 1 aromatic rings. The Bertz CT molecular complexity index is 570. The Morgan fingerprint density at radius 1 is 1.47 bits per heavy atom. The molecule has 1 aromatic carbocycles. The fraction of sp³-hybridized carbons (Fsp3) is 0.417. The van der Waals surface area contributed by atoms with Crippen LogP contribution in [0.5, 0.6) is 5.75 Å². The van der Waals surface area contributed by atoms with E-state index in [1.54, 1.807) is 13.8 Å². The summed E-state index contributed by atoms with van der Waals surface area (Å²) >= 11 is 4.72. The van der Waals surface area contributed by atoms with Crippen LogP contribution in [0.15, 0.2) is 18.2 Å². The van der Waals surface area contributed by atoms with E-state index in [-0.39, 0.29) is 23.1 Å². The molecule has 0 fully saturated rings. The SMILES string of the molecule is CC(C)S(=O)(=O)CCOc1ccc(C(N)=S)cc1F. The third-order valence-electron chi connectivity index (χ3n) is 2.56. The second-order valence-electron chi connectivity index (χ2n) is 4.27. The van der Waals surface area contributed by atoms with Crippen molar-refractivity contribution in [3.05, 3.63) is 29.6 Å². The van der Waals surface area contributed by atoms with Gasteiger partial charge in [0.25, 0.3) is 0 Å². The van der Waals surface area contributed by atoms with Gasteiger partial charge in [0.05, 0.1) is 11.0 Å². The molecule has 0 saturated carbocycles. The van der Waals surface area contributed by atoms with Crippen molar-refractivity contribution in [2.24, 2.45) is 5.73 Å². The van der Waals surface area contributed by atoms with Crippen molar-refractivity contribution < 1.29 is 17.5 Å². The molecule has 0 saturated heterocycles. The van der Waals surface area contributed by atoms with Crippen molar-refractivity contribution in [2.45, 2.75) is 19.1 Å². The summed E-state index contributed by atoms with van der Waals surface area (Å²) in [7, 11) is -3.19. The quantitative estimate of drug-likeness (QED) is 0.810. The van der Waals surface area contributed by atoms with E-state index in [2.05, 4.69) is 0 Å². The predicted octanol–water partition coefficient (Wildman–Crippen LogP) is 1.66. The largest absolute Gasteiger partial charge is 0.489 e. The van der Waals surface area contributed by atoms with Gasteiger partial charge in [0.2, 0.25) is 0 Å². The Balaban J connectivity index is 2.67. The molecule has 0 amide bonds. The summed E-state index contributed by atoms with van der Waals surface area (Å²) in [6.45, 7) is 3.09. The van der Waals surface area contributed by atoms with Crippen LogP contribution in [0.4, 0.5) is 4.39 Å². The third-order valence-corrected chi connectivity index (χ3v) is 4.97. The molecule has 2 N–H and O–H groups in total. The zero-order chi connectivity index (χ0) is 14.6. The van der Waals surface area contributed by atoms with Gasteiger partial charge < -0.3 is 10.5 Å². The van der Waals surface area contributed by atoms with Crippen LogP contribution in [0, 0.1) is 5.82 Å². The van der Waals surface area contributed by atoms with Gasteiger partial charge >= 0.3 is 0 Å². The Morgan fingerprint density at radius 3 is 2.58 bits per heavy atom. The Kier molecular flexibility index (Phi) is 5.25. The molecule has 0 aliphatic rings. The molecule has 106 valence electrons. The fourth-order valence-corrected chi connectivity index (χ4v) is 2.19. The van der Waals surface area contributed by atoms with Gasteiger partial charge in [0.15, 0.2) is 21.4 Å². The van der Waals surface area contributed by atoms with Crippen molar-refractivity contribution >= 4 is 27.0 Å². The number of rotatable bonds is 6. The van der Waals surface area contributed by atoms with E-state index in [0.717, 1.165) is 6.07 Å². The molecule has 0 aliphatic heterocycles. The molecule has 0 heterocycles. The van der Waals surface area contributed by atoms with Crippen LogP contribution in [0.2, 0.25) is 0 Å². The Morgan fingerprint density at radius 2 is 2.11 bits per heavy atom. The summed E-state index contributed by atoms with van der Waals surface area (Å²) in [5.74, 6) is -0.785. The van der Waals surface area contributed by atoms with Crippen LogP contribution in [0.25, 0.3) is 0 Å². The molecule has 0 radical (unpaired) electrons. The van der Waals surface area contributed by atoms with E-state index in [1.165, 1.54) is 12.1 Å². The number of hydrogen-bond donors (Lipinski definition) is 1. The predicted molar refractivity (Wildman–Crippen MR) is 76.7 cm³/mol. The zero-order valence-electron chi connectivity index (χ0n) is 10.7. The minimum atomic E-state index is -3.19. The summed E-state index contributed by atoms with van der Waals surface area (Å²) in [6.07, 6.45) is 0. The van der Waals surface area contributed by atoms with Crippen molar-refractivity contribution in [1.29, 1.82) is 0 Å². The molecule has 0 atom stereocenters. The minimum Gasteiger partial charge on any atom is -0.489 e. The van der Waals surface area contributed by atoms with Crippen molar-refractivity contribution in [1.82, 2.24) is 0 Å². The smallest absolute Gasteiger partial charge is 0.165 e. The van der Waals surface area contributed by atoms with Gasteiger partial charge in [-0.1, -0.05) is 12.2 Å². The number of ether oxygens (including phenoxy) is 1. The lowest BCUT2D eigenvalue weighted by atomic mass is 10.2. The third kappa shape index (κ3) is 4.43. The van der Waals surface area contributed by atoms with E-state index in [9.17, 15) is 12.8 Å². The Hall–Kier alpha value is -1.21. The maximum atomic E-state index is 13.6. The van der Waals surface area contributed by atoms with Gasteiger partial charge in [-0.05, 0) is 32.0 Å². The maximum Gasteiger partial charge on any atom is 0.165 e. The number of thiocarbonyl (C=S) groups is 1. The van der Waals surface area contributed by atoms with Gasteiger partial charge in [0.1, 0.15) is 11.6 Å².